The van der Waals surface area contributed by atoms with Crippen LogP contribution < -0.4 is 4.74 Å². The van der Waals surface area contributed by atoms with E-state index >= 15 is 0 Å². The van der Waals surface area contributed by atoms with Crippen molar-refractivity contribution in [3.8, 4) is 5.75 Å². The first-order valence-electron chi connectivity index (χ1n) is 17.1. The molecule has 0 saturated carbocycles. The number of likely N-dealkylation sites (N-methyl/N-ethyl adjacent to an activating group) is 2. The monoisotopic (exact) mass is 608 g/mol. The van der Waals surface area contributed by atoms with Crippen LogP contribution >= 0.6 is 0 Å². The number of nitrogens with zero attached hydrogens (tertiary/aromatic N) is 2. The second-order valence-corrected chi connectivity index (χ2v) is 15.2. The van der Waals surface area contributed by atoms with E-state index in [0.29, 0.717) is 47.4 Å². The van der Waals surface area contributed by atoms with Gasteiger partial charge in [0, 0.05) is 6.42 Å². The van der Waals surface area contributed by atoms with Gasteiger partial charge in [-0.3, -0.25) is 4.79 Å². The average Bonchev–Trinajstić information content (AvgIpc) is 2.89. The maximum absolute atomic E-state index is 13.0. The Labute approximate surface area is 270 Å². The highest BCUT2D eigenvalue weighted by Crippen LogP contribution is 2.25. The molecule has 0 aliphatic heterocycles. The summed E-state index contributed by atoms with van der Waals surface area (Å²) < 4.78 is 7.20. The second-order valence-electron chi connectivity index (χ2n) is 15.2. The number of quaternary nitrogens is 2. The van der Waals surface area contributed by atoms with Gasteiger partial charge in [-0.15, -0.1) is 0 Å². The predicted molar refractivity (Wildman–Crippen MR) is 186 cm³/mol. The number of ketones is 1. The highest BCUT2D eigenvalue weighted by atomic mass is 16.5. The summed E-state index contributed by atoms with van der Waals surface area (Å²) in [6.07, 6.45) is 10.3. The summed E-state index contributed by atoms with van der Waals surface area (Å²) in [5.41, 5.74) is 5.92. The van der Waals surface area contributed by atoms with Gasteiger partial charge in [0.15, 0.2) is 12.3 Å². The van der Waals surface area contributed by atoms with Crippen molar-refractivity contribution in [3.05, 3.63) is 64.2 Å². The van der Waals surface area contributed by atoms with Gasteiger partial charge in [0.05, 0.1) is 41.3 Å². The maximum Gasteiger partial charge on any atom is 0.367 e. The first kappa shape index (κ1) is 37.7. The highest BCUT2D eigenvalue weighted by molar-refractivity contribution is 5.82. The van der Waals surface area contributed by atoms with E-state index in [0.717, 1.165) is 29.6 Å². The minimum atomic E-state index is -0.156. The third-order valence-corrected chi connectivity index (χ3v) is 8.85. The van der Waals surface area contributed by atoms with Crippen molar-refractivity contribution in [1.82, 2.24) is 0 Å². The molecule has 0 aromatic heterocycles. The molecule has 246 valence electrons. The summed E-state index contributed by atoms with van der Waals surface area (Å²) >= 11 is 0. The summed E-state index contributed by atoms with van der Waals surface area (Å²) in [7, 11) is 8.64. The number of benzene rings is 2. The summed E-state index contributed by atoms with van der Waals surface area (Å²) in [5.74, 6) is 1.72. The van der Waals surface area contributed by atoms with E-state index in [-0.39, 0.29) is 5.97 Å². The Morgan fingerprint density at radius 2 is 1.23 bits per heavy atom. The number of rotatable bonds is 20. The van der Waals surface area contributed by atoms with E-state index in [9.17, 15) is 9.59 Å². The smallest absolute Gasteiger partial charge is 0.367 e. The second kappa shape index (κ2) is 17.8. The molecule has 0 aliphatic carbocycles. The number of unbranched alkanes of at least 4 members (excludes halogenated alkanes) is 7. The molecule has 5 heteroatoms. The van der Waals surface area contributed by atoms with Crippen LogP contribution in [0, 0.1) is 13.8 Å². The third-order valence-electron chi connectivity index (χ3n) is 8.85. The molecule has 0 unspecified atom stereocenters. The molecule has 0 heterocycles. The van der Waals surface area contributed by atoms with E-state index in [1.807, 2.05) is 19.1 Å². The number of hydrogen-bond acceptors (Lipinski definition) is 3. The molecule has 0 N–H and O–H groups in total. The quantitative estimate of drug-likeness (QED) is 0.0655. The van der Waals surface area contributed by atoms with Gasteiger partial charge in [-0.1, -0.05) is 89.3 Å². The SMILES string of the molecule is Cc1ccc(C(C)C)c(CC(=O)C[N+](C)(C)CCCCCCCCCC[N+](C)(C)CC(=O)Oc2cc(C(C)C)ccc2C)c1. The van der Waals surface area contributed by atoms with Crippen molar-refractivity contribution in [1.29, 1.82) is 0 Å². The van der Waals surface area contributed by atoms with Crippen LogP contribution in [0.1, 0.15) is 119 Å². The Morgan fingerprint density at radius 1 is 0.682 bits per heavy atom. The van der Waals surface area contributed by atoms with Crippen LogP contribution in [-0.4, -0.2) is 75.1 Å². The number of aryl methyl sites for hydroxylation is 2. The lowest BCUT2D eigenvalue weighted by molar-refractivity contribution is -0.883. The molecule has 0 radical (unpaired) electrons. The minimum absolute atomic E-state index is 0.156. The van der Waals surface area contributed by atoms with Crippen molar-refractivity contribution in [2.75, 3.05) is 54.4 Å². The molecule has 0 fully saturated rings. The summed E-state index contributed by atoms with van der Waals surface area (Å²) in [6.45, 7) is 15.8. The van der Waals surface area contributed by atoms with Crippen LogP contribution in [0.15, 0.2) is 36.4 Å². The highest BCUT2D eigenvalue weighted by Gasteiger charge is 2.23. The van der Waals surface area contributed by atoms with Gasteiger partial charge >= 0.3 is 5.97 Å². The topological polar surface area (TPSA) is 43.4 Å². The molecule has 0 bridgehead atoms. The zero-order valence-corrected chi connectivity index (χ0v) is 29.9. The van der Waals surface area contributed by atoms with Crippen LogP contribution in [0.3, 0.4) is 0 Å². The van der Waals surface area contributed by atoms with E-state index in [1.165, 1.54) is 67.2 Å². The number of Topliss-reactive ketones (excluding diaryl/α,β-unsaturated/α-hetero) is 1. The van der Waals surface area contributed by atoms with Gasteiger partial charge in [-0.05, 0) is 79.7 Å². The van der Waals surface area contributed by atoms with E-state index < -0.39 is 0 Å². The lowest BCUT2D eigenvalue weighted by atomic mass is 9.92. The Bertz CT molecular complexity index is 1200. The number of hydrogen-bond donors (Lipinski definition) is 0. The van der Waals surface area contributed by atoms with Gasteiger partial charge in [0.1, 0.15) is 12.3 Å². The van der Waals surface area contributed by atoms with Gasteiger partial charge < -0.3 is 13.7 Å². The summed E-state index contributed by atoms with van der Waals surface area (Å²) in [5, 5.41) is 0. The van der Waals surface area contributed by atoms with Crippen LogP contribution in [0.25, 0.3) is 0 Å². The first-order chi connectivity index (χ1) is 20.6. The Morgan fingerprint density at radius 3 is 1.77 bits per heavy atom. The van der Waals surface area contributed by atoms with Crippen molar-refractivity contribution in [3.63, 3.8) is 0 Å². The first-order valence-corrected chi connectivity index (χ1v) is 17.1. The van der Waals surface area contributed by atoms with Crippen LogP contribution in [-0.2, 0) is 16.0 Å². The fourth-order valence-electron chi connectivity index (χ4n) is 6.09. The van der Waals surface area contributed by atoms with Crippen LogP contribution in [0.5, 0.6) is 5.75 Å². The molecule has 2 aromatic rings. The lowest BCUT2D eigenvalue weighted by Crippen LogP contribution is -2.45. The van der Waals surface area contributed by atoms with Crippen LogP contribution in [0.4, 0.5) is 0 Å². The summed E-state index contributed by atoms with van der Waals surface area (Å²) in [6, 6.07) is 12.7. The minimum Gasteiger partial charge on any atom is -0.422 e. The molecule has 0 aliphatic rings. The number of esters is 1. The number of carbonyl (C=O) groups is 2. The van der Waals surface area contributed by atoms with Gasteiger partial charge in [-0.25, -0.2) is 4.79 Å². The van der Waals surface area contributed by atoms with Gasteiger partial charge in [-0.2, -0.15) is 0 Å². The molecule has 0 atom stereocenters. The number of ether oxygens (including phenoxy) is 1. The third kappa shape index (κ3) is 14.1. The van der Waals surface area contributed by atoms with Crippen molar-refractivity contribution < 1.29 is 23.3 Å². The molecule has 5 nitrogen and oxygen atoms in total. The standard InChI is InChI=1S/C39H64N2O3/c1-30(2)34-21-20-33(6)38(27-34)44-39(43)29-41(9,10)24-18-16-14-12-11-13-15-17-23-40(7,8)28-36(42)26-35-25-32(5)19-22-37(35)31(3)4/h19-22,25,27,30-31H,11-18,23-24,26,28-29H2,1-10H3/q+2. The lowest BCUT2D eigenvalue weighted by Gasteiger charge is -2.29. The zero-order chi connectivity index (χ0) is 32.9. The molecular formula is C39H64N2O3+2. The molecule has 2 rings (SSSR count). The van der Waals surface area contributed by atoms with Crippen molar-refractivity contribution in [2.24, 2.45) is 0 Å². The fraction of sp³-hybridized carbons (Fsp3) is 0.641. The van der Waals surface area contributed by atoms with E-state index in [4.69, 9.17) is 4.74 Å². The normalized spacial score (nSPS) is 12.3. The van der Waals surface area contributed by atoms with Crippen molar-refractivity contribution >= 4 is 11.8 Å². The zero-order valence-electron chi connectivity index (χ0n) is 29.9. The average molecular weight is 609 g/mol. The molecule has 0 spiro atoms. The van der Waals surface area contributed by atoms with Crippen LogP contribution in [0.2, 0.25) is 0 Å². The Balaban J connectivity index is 1.58. The molecule has 2 aromatic carbocycles. The largest absolute Gasteiger partial charge is 0.422 e. The molecule has 0 amide bonds. The van der Waals surface area contributed by atoms with Crippen molar-refractivity contribution in [2.45, 2.75) is 111 Å². The van der Waals surface area contributed by atoms with E-state index in [2.05, 4.69) is 87.1 Å². The molecule has 44 heavy (non-hydrogen) atoms. The summed E-state index contributed by atoms with van der Waals surface area (Å²) in [4.78, 5) is 25.7. The molecular weight excluding hydrogens is 544 g/mol. The van der Waals surface area contributed by atoms with E-state index in [1.54, 1.807) is 0 Å². The predicted octanol–water partition coefficient (Wildman–Crippen LogP) is 8.54. The Kier molecular flexibility index (Phi) is 15.3. The number of carbonyl (C=O) groups excluding carboxylic acids is 2. The fourth-order valence-corrected chi connectivity index (χ4v) is 6.09. The van der Waals surface area contributed by atoms with Gasteiger partial charge in [0.2, 0.25) is 0 Å². The maximum atomic E-state index is 13.0. The van der Waals surface area contributed by atoms with Gasteiger partial charge in [0.25, 0.3) is 0 Å². The Hall–Kier alpha value is -2.50. The molecule has 0 saturated heterocycles.